The first-order valence-electron chi connectivity index (χ1n) is 21.6. The van der Waals surface area contributed by atoms with E-state index in [0.29, 0.717) is 46.6 Å². The van der Waals surface area contributed by atoms with Crippen molar-refractivity contribution in [3.05, 3.63) is 59.7 Å². The van der Waals surface area contributed by atoms with E-state index in [0.717, 1.165) is 62.5 Å². The second-order valence-electron chi connectivity index (χ2n) is 20.7. The van der Waals surface area contributed by atoms with E-state index < -0.39 is 11.1 Å². The van der Waals surface area contributed by atoms with E-state index in [1.54, 1.807) is 0 Å². The molecule has 0 saturated carbocycles. The van der Waals surface area contributed by atoms with Crippen LogP contribution in [-0.2, 0) is 0 Å². The number of nitrogens with one attached hydrogen (secondary N) is 2. The van der Waals surface area contributed by atoms with Crippen LogP contribution in [0.4, 0.5) is 0 Å². The van der Waals surface area contributed by atoms with Crippen LogP contribution < -0.4 is 10.9 Å². The zero-order valence-corrected chi connectivity index (χ0v) is 38.6. The van der Waals surface area contributed by atoms with E-state index in [4.69, 9.17) is 4.42 Å². The van der Waals surface area contributed by atoms with Gasteiger partial charge in [-0.15, -0.1) is 10.2 Å². The maximum atomic E-state index is 14.2. The highest BCUT2D eigenvalue weighted by Gasteiger charge is 2.37. The molecule has 0 spiro atoms. The van der Waals surface area contributed by atoms with E-state index in [-0.39, 0.29) is 22.9 Å². The van der Waals surface area contributed by atoms with Gasteiger partial charge in [0, 0.05) is 33.3 Å². The molecule has 0 saturated heterocycles. The third-order valence-electron chi connectivity index (χ3n) is 11.0. The number of aromatic nitrogens is 2. The highest BCUT2D eigenvalue weighted by atomic mass is 16.4. The van der Waals surface area contributed by atoms with Crippen LogP contribution in [-0.4, -0.2) is 54.2 Å². The Morgan fingerprint density at radius 1 is 0.509 bits per heavy atom. The smallest absolute Gasteiger partial charge is 0.268 e. The second kappa shape index (κ2) is 19.9. The SMILES string of the molecule is CC(C)CCC(C)(C)NN(C(=O)c1ccc(-c2nnc(-c3ccc(C(=O)N(NC(C)(C)CCC(C)C)C(C)(C)CCC(C)C)cc3)o2)cc1)C(C)(C)CCC(C)C. The molecule has 0 fully saturated rings. The largest absolute Gasteiger partial charge is 0.416 e. The Morgan fingerprint density at radius 3 is 1.07 bits per heavy atom. The zero-order chi connectivity index (χ0) is 42.9. The van der Waals surface area contributed by atoms with Crippen molar-refractivity contribution >= 4 is 11.8 Å². The van der Waals surface area contributed by atoms with Crippen molar-refractivity contribution in [3.63, 3.8) is 0 Å². The Labute approximate surface area is 346 Å². The molecule has 0 aliphatic rings. The summed E-state index contributed by atoms with van der Waals surface area (Å²) in [5.74, 6) is 2.83. The fourth-order valence-corrected chi connectivity index (χ4v) is 6.70. The number of nitrogens with zero attached hydrogens (tertiary/aromatic N) is 4. The van der Waals surface area contributed by atoms with Gasteiger partial charge in [-0.3, -0.25) is 19.6 Å². The molecule has 2 N–H and O–H groups in total. The summed E-state index contributed by atoms with van der Waals surface area (Å²) in [5.41, 5.74) is 8.58. The molecule has 0 aliphatic heterocycles. The molecule has 1 heterocycles. The minimum atomic E-state index is -0.403. The van der Waals surface area contributed by atoms with Crippen LogP contribution in [0.5, 0.6) is 0 Å². The molecule has 57 heavy (non-hydrogen) atoms. The van der Waals surface area contributed by atoms with Crippen LogP contribution in [0.25, 0.3) is 22.9 Å². The summed E-state index contributed by atoms with van der Waals surface area (Å²) in [4.78, 5) is 28.4. The predicted octanol–water partition coefficient (Wildman–Crippen LogP) is 12.2. The molecular formula is C48H78N6O3. The Morgan fingerprint density at radius 2 is 0.789 bits per heavy atom. The molecule has 3 rings (SSSR count). The zero-order valence-electron chi connectivity index (χ0n) is 38.6. The molecule has 3 aromatic rings. The number of benzene rings is 2. The Hall–Kier alpha value is -3.56. The third kappa shape index (κ3) is 14.6. The van der Waals surface area contributed by atoms with Crippen LogP contribution >= 0.6 is 0 Å². The van der Waals surface area contributed by atoms with Crippen molar-refractivity contribution in [2.45, 2.75) is 184 Å². The highest BCUT2D eigenvalue weighted by Crippen LogP contribution is 2.31. The quantitative estimate of drug-likeness (QED) is 0.0977. The van der Waals surface area contributed by atoms with Gasteiger partial charge in [-0.25, -0.2) is 10.9 Å². The molecule has 0 atom stereocenters. The van der Waals surface area contributed by atoms with Gasteiger partial charge in [0.05, 0.1) is 11.1 Å². The van der Waals surface area contributed by atoms with Crippen molar-refractivity contribution in [1.29, 1.82) is 0 Å². The van der Waals surface area contributed by atoms with Crippen LogP contribution in [0, 0.1) is 23.7 Å². The van der Waals surface area contributed by atoms with Crippen molar-refractivity contribution in [2.24, 2.45) is 23.7 Å². The van der Waals surface area contributed by atoms with Crippen molar-refractivity contribution in [3.8, 4) is 22.9 Å². The molecule has 9 nitrogen and oxygen atoms in total. The lowest BCUT2D eigenvalue weighted by Crippen LogP contribution is -2.61. The van der Waals surface area contributed by atoms with Crippen molar-refractivity contribution < 1.29 is 14.0 Å². The Balaban J connectivity index is 1.84. The number of amides is 2. The van der Waals surface area contributed by atoms with Crippen molar-refractivity contribution in [1.82, 2.24) is 31.1 Å². The molecule has 9 heteroatoms. The van der Waals surface area contributed by atoms with Gasteiger partial charge >= 0.3 is 0 Å². The summed E-state index contributed by atoms with van der Waals surface area (Å²) >= 11 is 0. The number of carbonyl (C=O) groups is 2. The van der Waals surface area contributed by atoms with E-state index in [2.05, 4.69) is 132 Å². The van der Waals surface area contributed by atoms with Gasteiger partial charge in [-0.2, -0.15) is 0 Å². The van der Waals surface area contributed by atoms with Crippen LogP contribution in [0.15, 0.2) is 52.9 Å². The summed E-state index contributed by atoms with van der Waals surface area (Å²) in [5, 5.41) is 12.4. The fraction of sp³-hybridized carbons (Fsp3) is 0.667. The van der Waals surface area contributed by atoms with Gasteiger partial charge in [-0.1, -0.05) is 55.4 Å². The third-order valence-corrected chi connectivity index (χ3v) is 11.0. The Kier molecular flexibility index (Phi) is 16.7. The molecule has 318 valence electrons. The van der Waals surface area contributed by atoms with E-state index >= 15 is 0 Å². The molecule has 2 amide bonds. The minimum Gasteiger partial charge on any atom is -0.416 e. The summed E-state index contributed by atoms with van der Waals surface area (Å²) < 4.78 is 6.15. The van der Waals surface area contributed by atoms with Crippen LogP contribution in [0.3, 0.4) is 0 Å². The summed E-state index contributed by atoms with van der Waals surface area (Å²) in [7, 11) is 0. The lowest BCUT2D eigenvalue weighted by Gasteiger charge is -2.44. The average molecular weight is 787 g/mol. The monoisotopic (exact) mass is 787 g/mol. The summed E-state index contributed by atoms with van der Waals surface area (Å²) in [6, 6.07) is 14.8. The molecule has 0 aliphatic carbocycles. The van der Waals surface area contributed by atoms with Crippen LogP contribution in [0.1, 0.15) is 183 Å². The molecule has 1 aromatic heterocycles. The highest BCUT2D eigenvalue weighted by molar-refractivity contribution is 5.95. The number of rotatable bonds is 22. The molecule has 0 unspecified atom stereocenters. The standard InChI is InChI=1S/C48H78N6O3/c1-33(2)25-29-45(9,10)51-53(47(13,14)31-27-35(5)6)43(55)39-21-17-37(18-22-39)41-49-50-42(57-41)38-19-23-40(24-20-38)44(56)54(48(15,16)32-28-36(7)8)52-46(11,12)30-26-34(3)4/h17-24,33-36,51-52H,25-32H2,1-16H3. The normalized spacial score (nSPS) is 13.0. The molecule has 2 aromatic carbocycles. The lowest BCUT2D eigenvalue weighted by atomic mass is 9.91. The van der Waals surface area contributed by atoms with Gasteiger partial charge in [0.15, 0.2) is 0 Å². The first-order chi connectivity index (χ1) is 26.3. The second-order valence-corrected chi connectivity index (χ2v) is 20.7. The minimum absolute atomic E-state index is 0.0648. The fourth-order valence-electron chi connectivity index (χ4n) is 6.70. The maximum Gasteiger partial charge on any atom is 0.268 e. The van der Waals surface area contributed by atoms with Gasteiger partial charge in [-0.05, 0) is 179 Å². The number of hydrogen-bond donors (Lipinski definition) is 2. The first-order valence-corrected chi connectivity index (χ1v) is 21.6. The van der Waals surface area contributed by atoms with Gasteiger partial charge in [0.2, 0.25) is 11.8 Å². The molecule has 0 radical (unpaired) electrons. The average Bonchev–Trinajstić information content (AvgIpc) is 3.63. The van der Waals surface area contributed by atoms with Crippen LogP contribution in [0.2, 0.25) is 0 Å². The van der Waals surface area contributed by atoms with E-state index in [1.165, 1.54) is 0 Å². The van der Waals surface area contributed by atoms with Gasteiger partial charge in [0.25, 0.3) is 11.8 Å². The number of hydrogen-bond acceptors (Lipinski definition) is 7. The van der Waals surface area contributed by atoms with Crippen molar-refractivity contribution in [2.75, 3.05) is 0 Å². The van der Waals surface area contributed by atoms with Gasteiger partial charge < -0.3 is 4.42 Å². The first kappa shape index (κ1) is 47.8. The topological polar surface area (TPSA) is 104 Å². The van der Waals surface area contributed by atoms with E-state index in [9.17, 15) is 9.59 Å². The van der Waals surface area contributed by atoms with Gasteiger partial charge in [0.1, 0.15) is 0 Å². The summed E-state index contributed by atoms with van der Waals surface area (Å²) in [6.07, 6.45) is 7.85. The molecule has 0 bridgehead atoms. The predicted molar refractivity (Wildman–Crippen MR) is 236 cm³/mol. The van der Waals surface area contributed by atoms with E-state index in [1.807, 2.05) is 58.5 Å². The number of hydrazine groups is 2. The Bertz CT molecular complexity index is 1580. The molecular weight excluding hydrogens is 709 g/mol. The lowest BCUT2D eigenvalue weighted by molar-refractivity contribution is 0.0101. The maximum absolute atomic E-state index is 14.2. The summed E-state index contributed by atoms with van der Waals surface area (Å²) in [6.45, 7) is 35.1. The number of carbonyl (C=O) groups excluding carboxylic acids is 2.